The summed E-state index contributed by atoms with van der Waals surface area (Å²) in [5.74, 6) is 0. The fourth-order valence-electron chi connectivity index (χ4n) is 4.45. The van der Waals surface area contributed by atoms with Gasteiger partial charge in [-0.3, -0.25) is 0 Å². The second-order valence-electron chi connectivity index (χ2n) is 8.24. The lowest BCUT2D eigenvalue weighted by Gasteiger charge is -2.13. The van der Waals surface area contributed by atoms with Crippen LogP contribution in [0.2, 0.25) is 0 Å². The minimum Gasteiger partial charge on any atom is -0.394 e. The third-order valence-electron chi connectivity index (χ3n) is 5.99. The summed E-state index contributed by atoms with van der Waals surface area (Å²) in [6.45, 7) is -0.223. The van der Waals surface area contributed by atoms with Crippen LogP contribution in [0.5, 0.6) is 0 Å². The van der Waals surface area contributed by atoms with E-state index in [1.165, 1.54) is 0 Å². The molecule has 1 fully saturated rings. The smallest absolute Gasteiger partial charge is 0.107 e. The highest BCUT2D eigenvalue weighted by atomic mass is 16.5. The molecule has 160 valence electrons. The highest BCUT2D eigenvalue weighted by Gasteiger charge is 2.36. The van der Waals surface area contributed by atoms with Crippen LogP contribution in [0, 0.1) is 0 Å². The summed E-state index contributed by atoms with van der Waals surface area (Å²) in [6, 6.07) is 14.0. The van der Waals surface area contributed by atoms with Crippen molar-refractivity contribution in [3.05, 3.63) is 70.8 Å². The number of nitrogens with zero attached hydrogens (tertiary/aromatic N) is 2. The van der Waals surface area contributed by atoms with Gasteiger partial charge < -0.3 is 24.9 Å². The van der Waals surface area contributed by atoms with Crippen LogP contribution in [0.3, 0.4) is 0 Å². The molecule has 32 heavy (non-hydrogen) atoms. The average Bonchev–Trinajstić information content (AvgIpc) is 3.58. The van der Waals surface area contributed by atoms with E-state index in [4.69, 9.17) is 9.72 Å². The molecule has 3 atom stereocenters. The summed E-state index contributed by atoms with van der Waals surface area (Å²) in [5, 5.41) is 19.9. The molecule has 6 heterocycles. The monoisotopic (exact) mass is 426 g/mol. The molecule has 3 aliphatic heterocycles. The number of aliphatic hydroxyl groups is 2. The van der Waals surface area contributed by atoms with Gasteiger partial charge in [-0.2, -0.15) is 0 Å². The Morgan fingerprint density at radius 2 is 1.47 bits per heavy atom. The van der Waals surface area contributed by atoms with E-state index in [2.05, 4.69) is 15.0 Å². The van der Waals surface area contributed by atoms with Crippen molar-refractivity contribution in [2.45, 2.75) is 24.7 Å². The van der Waals surface area contributed by atoms with E-state index in [9.17, 15) is 10.2 Å². The van der Waals surface area contributed by atoms with Gasteiger partial charge in [-0.05, 0) is 66.8 Å². The SMILES string of the molecule is OC[C@H]1O[C@@H](c2c3nc(cc4ccc(cc5nc(cc6ccc2[nH]6)C=C5)[nH]4)C=C3)CC1O. The van der Waals surface area contributed by atoms with Gasteiger partial charge in [0, 0.05) is 34.1 Å². The molecule has 0 saturated carbocycles. The lowest BCUT2D eigenvalue weighted by molar-refractivity contribution is -0.0223. The van der Waals surface area contributed by atoms with Crippen LogP contribution < -0.4 is 0 Å². The molecule has 0 radical (unpaired) electrons. The summed E-state index contributed by atoms with van der Waals surface area (Å²) in [6.07, 6.45) is 6.59. The molecule has 3 aliphatic rings. The van der Waals surface area contributed by atoms with Crippen molar-refractivity contribution >= 4 is 46.4 Å². The quantitative estimate of drug-likeness (QED) is 0.343. The summed E-state index contributed by atoms with van der Waals surface area (Å²) >= 11 is 0. The zero-order valence-electron chi connectivity index (χ0n) is 17.2. The standard InChI is InChI=1S/C25H22N4O3/c30-13-24-22(31)12-23(32-24)25-20-7-5-18(28-20)10-16-3-1-14(26-16)9-15-2-4-17(27-15)11-19-6-8-21(25)29-19/h1-11,22-24,26,29-31H,12-13H2/t22?,23-,24-/m1/s1. The zero-order chi connectivity index (χ0) is 21.7. The molecule has 7 heteroatoms. The molecule has 7 nitrogen and oxygen atoms in total. The van der Waals surface area contributed by atoms with Crippen LogP contribution in [0.4, 0.5) is 0 Å². The molecule has 8 bridgehead atoms. The van der Waals surface area contributed by atoms with Crippen LogP contribution in [0.1, 0.15) is 40.9 Å². The van der Waals surface area contributed by atoms with Gasteiger partial charge in [0.1, 0.15) is 6.10 Å². The molecule has 1 unspecified atom stereocenters. The highest BCUT2D eigenvalue weighted by Crippen LogP contribution is 2.37. The Bertz CT molecular complexity index is 1420. The van der Waals surface area contributed by atoms with E-state index in [0.29, 0.717) is 6.42 Å². The molecule has 4 N–H and O–H groups in total. The third-order valence-corrected chi connectivity index (χ3v) is 5.99. The van der Waals surface area contributed by atoms with E-state index in [-0.39, 0.29) is 12.7 Å². The molecule has 0 aliphatic carbocycles. The van der Waals surface area contributed by atoms with E-state index in [1.807, 2.05) is 66.8 Å². The summed E-state index contributed by atoms with van der Waals surface area (Å²) in [4.78, 5) is 16.3. The third kappa shape index (κ3) is 3.46. The van der Waals surface area contributed by atoms with Gasteiger partial charge in [0.15, 0.2) is 0 Å². The van der Waals surface area contributed by atoms with Gasteiger partial charge in [-0.15, -0.1) is 0 Å². The molecule has 0 aromatic carbocycles. The van der Waals surface area contributed by atoms with E-state index in [1.54, 1.807) is 0 Å². The fraction of sp³-hybridized carbons (Fsp3) is 0.200. The Morgan fingerprint density at radius 3 is 2.16 bits per heavy atom. The van der Waals surface area contributed by atoms with Gasteiger partial charge in [0.25, 0.3) is 0 Å². The predicted molar refractivity (Wildman–Crippen MR) is 124 cm³/mol. The Balaban J connectivity index is 1.62. The molecule has 0 spiro atoms. The number of aromatic nitrogens is 4. The number of ether oxygens (including phenoxy) is 1. The second-order valence-corrected chi connectivity index (χ2v) is 8.24. The largest absolute Gasteiger partial charge is 0.394 e. The maximum atomic E-state index is 10.3. The number of fused-ring (bicyclic) bond motifs is 8. The zero-order valence-corrected chi connectivity index (χ0v) is 17.2. The first-order valence-electron chi connectivity index (χ1n) is 10.7. The second kappa shape index (κ2) is 7.56. The maximum Gasteiger partial charge on any atom is 0.107 e. The Morgan fingerprint density at radius 1 is 0.844 bits per heavy atom. The topological polar surface area (TPSA) is 107 Å². The normalized spacial score (nSPS) is 22.0. The lowest BCUT2D eigenvalue weighted by atomic mass is 10.0. The van der Waals surface area contributed by atoms with E-state index >= 15 is 0 Å². The molecule has 6 rings (SSSR count). The maximum absolute atomic E-state index is 10.3. The number of hydrogen-bond donors (Lipinski definition) is 4. The van der Waals surface area contributed by atoms with Crippen LogP contribution >= 0.6 is 0 Å². The number of hydrogen-bond acceptors (Lipinski definition) is 5. The highest BCUT2D eigenvalue weighted by molar-refractivity contribution is 5.79. The molecular weight excluding hydrogens is 404 g/mol. The summed E-state index contributed by atoms with van der Waals surface area (Å²) in [7, 11) is 0. The van der Waals surface area contributed by atoms with Gasteiger partial charge in [-0.25, -0.2) is 9.97 Å². The molecule has 1 saturated heterocycles. The number of aliphatic hydroxyl groups excluding tert-OH is 2. The van der Waals surface area contributed by atoms with E-state index in [0.717, 1.165) is 50.4 Å². The minimum atomic E-state index is -0.722. The van der Waals surface area contributed by atoms with Gasteiger partial charge >= 0.3 is 0 Å². The Hall–Kier alpha value is -3.52. The van der Waals surface area contributed by atoms with Gasteiger partial charge in [-0.1, -0.05) is 0 Å². The van der Waals surface area contributed by atoms with Crippen molar-refractivity contribution in [2.24, 2.45) is 0 Å². The van der Waals surface area contributed by atoms with Crippen molar-refractivity contribution in [3.63, 3.8) is 0 Å². The first-order chi connectivity index (χ1) is 15.6. The van der Waals surface area contributed by atoms with Gasteiger partial charge in [0.2, 0.25) is 0 Å². The number of rotatable bonds is 2. The lowest BCUT2D eigenvalue weighted by Crippen LogP contribution is -2.24. The molecular formula is C25H22N4O3. The van der Waals surface area contributed by atoms with Crippen molar-refractivity contribution in [1.29, 1.82) is 0 Å². The first-order valence-corrected chi connectivity index (χ1v) is 10.7. The van der Waals surface area contributed by atoms with E-state index < -0.39 is 12.2 Å². The molecule has 3 aromatic rings. The van der Waals surface area contributed by atoms with Gasteiger partial charge in [0.05, 0.1) is 41.6 Å². The van der Waals surface area contributed by atoms with Crippen LogP contribution in [-0.2, 0) is 4.74 Å². The fourth-order valence-corrected chi connectivity index (χ4v) is 4.45. The summed E-state index contributed by atoms with van der Waals surface area (Å²) < 4.78 is 6.01. The van der Waals surface area contributed by atoms with Crippen molar-refractivity contribution in [2.75, 3.05) is 6.61 Å². The first kappa shape index (κ1) is 19.2. The number of aromatic amines is 2. The van der Waals surface area contributed by atoms with Crippen LogP contribution in [0.25, 0.3) is 46.4 Å². The van der Waals surface area contributed by atoms with Crippen molar-refractivity contribution in [3.8, 4) is 0 Å². The number of H-pyrrole nitrogens is 2. The Labute approximate surface area is 183 Å². The summed E-state index contributed by atoms with van der Waals surface area (Å²) in [5.41, 5.74) is 7.90. The number of nitrogens with one attached hydrogen (secondary N) is 2. The van der Waals surface area contributed by atoms with Crippen molar-refractivity contribution < 1.29 is 14.9 Å². The average molecular weight is 426 g/mol. The molecule has 3 aromatic heterocycles. The molecule has 0 amide bonds. The predicted octanol–water partition coefficient (Wildman–Crippen LogP) is 3.84. The Kier molecular flexibility index (Phi) is 4.53. The van der Waals surface area contributed by atoms with Crippen molar-refractivity contribution in [1.82, 2.24) is 19.9 Å². The minimum absolute atomic E-state index is 0.223. The van der Waals surface area contributed by atoms with Crippen LogP contribution in [0.15, 0.2) is 42.5 Å². The van der Waals surface area contributed by atoms with Crippen LogP contribution in [-0.4, -0.2) is 49.0 Å².